The number of carbonyl (C=O) groups excluding carboxylic acids is 1. The van der Waals surface area contributed by atoms with Crippen LogP contribution in [0.2, 0.25) is 0 Å². The van der Waals surface area contributed by atoms with E-state index in [2.05, 4.69) is 71.3 Å². The summed E-state index contributed by atoms with van der Waals surface area (Å²) in [5.41, 5.74) is 5.14. The Morgan fingerprint density at radius 1 is 0.861 bits per heavy atom. The van der Waals surface area contributed by atoms with E-state index in [9.17, 15) is 4.79 Å². The van der Waals surface area contributed by atoms with Gasteiger partial charge in [0.25, 0.3) is 0 Å². The molecule has 2 N–H and O–H groups in total. The maximum atomic E-state index is 13.4. The minimum atomic E-state index is -1.82. The van der Waals surface area contributed by atoms with Gasteiger partial charge in [0, 0.05) is 43.8 Å². The molecule has 5 rings (SSSR count). The highest BCUT2D eigenvalue weighted by Gasteiger charge is 2.27. The van der Waals surface area contributed by atoms with Crippen LogP contribution in [0.1, 0.15) is 35.0 Å². The molecule has 36 heavy (non-hydrogen) atoms. The van der Waals surface area contributed by atoms with Crippen LogP contribution in [-0.2, 0) is 29.0 Å². The SMILES string of the molecule is CC1CCc2c(c3ccccc3n2C(=O)CN2CCN(Cc3ccccc3)CC2)C1.O=C(O)C(=O)O. The molecule has 0 saturated carbocycles. The molecular formula is C28H33N3O5. The maximum Gasteiger partial charge on any atom is 0.414 e. The number of carboxylic acids is 2. The molecule has 1 unspecified atom stereocenters. The third-order valence-electron chi connectivity index (χ3n) is 7.02. The Morgan fingerprint density at radius 2 is 1.47 bits per heavy atom. The third-order valence-corrected chi connectivity index (χ3v) is 7.02. The van der Waals surface area contributed by atoms with Gasteiger partial charge < -0.3 is 10.2 Å². The average molecular weight is 492 g/mol. The van der Waals surface area contributed by atoms with Gasteiger partial charge in [0.2, 0.25) is 5.91 Å². The first-order chi connectivity index (χ1) is 17.3. The lowest BCUT2D eigenvalue weighted by molar-refractivity contribution is -0.159. The summed E-state index contributed by atoms with van der Waals surface area (Å²) < 4.78 is 2.05. The molecule has 8 nitrogen and oxygen atoms in total. The Balaban J connectivity index is 0.000000455. The van der Waals surface area contributed by atoms with E-state index >= 15 is 0 Å². The van der Waals surface area contributed by atoms with E-state index in [0.29, 0.717) is 12.5 Å². The van der Waals surface area contributed by atoms with Crippen LogP contribution in [0, 0.1) is 5.92 Å². The predicted octanol–water partition coefficient (Wildman–Crippen LogP) is 3.38. The van der Waals surface area contributed by atoms with E-state index in [-0.39, 0.29) is 5.91 Å². The number of hydrogen-bond donors (Lipinski definition) is 2. The quantitative estimate of drug-likeness (QED) is 0.540. The molecule has 1 aromatic heterocycles. The fourth-order valence-electron chi connectivity index (χ4n) is 5.18. The van der Waals surface area contributed by atoms with Crippen molar-refractivity contribution in [3.8, 4) is 0 Å². The number of benzene rings is 2. The Kier molecular flexibility index (Phi) is 8.18. The van der Waals surface area contributed by atoms with Crippen molar-refractivity contribution in [3.63, 3.8) is 0 Å². The third kappa shape index (κ3) is 6.01. The van der Waals surface area contributed by atoms with Gasteiger partial charge in [0.05, 0.1) is 12.1 Å². The molecule has 190 valence electrons. The molecule has 2 aromatic carbocycles. The summed E-state index contributed by atoms with van der Waals surface area (Å²) >= 11 is 0. The van der Waals surface area contributed by atoms with Gasteiger partial charge in [0.1, 0.15) is 0 Å². The molecule has 1 fully saturated rings. The second-order valence-corrected chi connectivity index (χ2v) is 9.67. The minimum Gasteiger partial charge on any atom is -0.473 e. The van der Waals surface area contributed by atoms with Crippen LogP contribution >= 0.6 is 0 Å². The zero-order valence-electron chi connectivity index (χ0n) is 20.6. The van der Waals surface area contributed by atoms with Crippen LogP contribution in [0.5, 0.6) is 0 Å². The van der Waals surface area contributed by atoms with E-state index in [1.54, 1.807) is 0 Å². The molecule has 8 heteroatoms. The van der Waals surface area contributed by atoms with Crippen molar-refractivity contribution >= 4 is 28.7 Å². The largest absolute Gasteiger partial charge is 0.473 e. The van der Waals surface area contributed by atoms with Crippen LogP contribution in [0.4, 0.5) is 0 Å². The van der Waals surface area contributed by atoms with Crippen LogP contribution < -0.4 is 0 Å². The fourth-order valence-corrected chi connectivity index (χ4v) is 5.18. The predicted molar refractivity (Wildman–Crippen MR) is 137 cm³/mol. The van der Waals surface area contributed by atoms with E-state index in [0.717, 1.165) is 51.1 Å². The Morgan fingerprint density at radius 3 is 2.14 bits per heavy atom. The first-order valence-corrected chi connectivity index (χ1v) is 12.4. The standard InChI is InChI=1S/C26H31N3O.C2H2O4/c1-20-11-12-25-23(17-20)22-9-5-6-10-24(22)29(25)26(30)19-28-15-13-27(14-16-28)18-21-7-3-2-4-8-21;3-1(4)2(5)6/h2-10,20H,11-19H2,1H3;(H,3,4)(H,5,6). The van der Waals surface area contributed by atoms with Crippen molar-refractivity contribution in [2.45, 2.75) is 32.7 Å². The minimum absolute atomic E-state index is 0.235. The van der Waals surface area contributed by atoms with Crippen LogP contribution in [-0.4, -0.2) is 75.1 Å². The lowest BCUT2D eigenvalue weighted by atomic mass is 9.88. The second kappa shape index (κ2) is 11.5. The maximum absolute atomic E-state index is 13.4. The molecule has 1 aliphatic heterocycles. The van der Waals surface area contributed by atoms with Crippen LogP contribution in [0.15, 0.2) is 54.6 Å². The molecule has 0 spiro atoms. The molecule has 2 heterocycles. The molecule has 0 amide bonds. The van der Waals surface area contributed by atoms with Gasteiger partial charge in [-0.3, -0.25) is 19.2 Å². The van der Waals surface area contributed by atoms with Gasteiger partial charge in [-0.05, 0) is 42.4 Å². The first-order valence-electron chi connectivity index (χ1n) is 12.4. The number of aromatic nitrogens is 1. The van der Waals surface area contributed by atoms with Crippen molar-refractivity contribution < 1.29 is 24.6 Å². The normalized spacial score (nSPS) is 18.2. The summed E-state index contributed by atoms with van der Waals surface area (Å²) in [6, 6.07) is 19.1. The van der Waals surface area contributed by atoms with Crippen molar-refractivity contribution in [3.05, 3.63) is 71.4 Å². The topological polar surface area (TPSA) is 103 Å². The van der Waals surface area contributed by atoms with E-state index < -0.39 is 11.9 Å². The van der Waals surface area contributed by atoms with Gasteiger partial charge in [-0.25, -0.2) is 9.59 Å². The molecule has 2 aliphatic rings. The summed E-state index contributed by atoms with van der Waals surface area (Å²) in [5.74, 6) is -2.71. The first kappa shape index (κ1) is 25.6. The Bertz CT molecular complexity index is 1220. The summed E-state index contributed by atoms with van der Waals surface area (Å²) in [5, 5.41) is 16.1. The zero-order valence-corrected chi connectivity index (χ0v) is 20.6. The van der Waals surface area contributed by atoms with Gasteiger partial charge in [0.15, 0.2) is 0 Å². The number of carbonyl (C=O) groups is 3. The van der Waals surface area contributed by atoms with Gasteiger partial charge in [-0.1, -0.05) is 55.5 Å². The molecular weight excluding hydrogens is 458 g/mol. The second-order valence-electron chi connectivity index (χ2n) is 9.67. The zero-order chi connectivity index (χ0) is 25.7. The molecule has 3 aromatic rings. The smallest absolute Gasteiger partial charge is 0.414 e. The summed E-state index contributed by atoms with van der Waals surface area (Å²) in [7, 11) is 0. The number of nitrogens with zero attached hydrogens (tertiary/aromatic N) is 3. The number of aliphatic carboxylic acids is 2. The highest BCUT2D eigenvalue weighted by atomic mass is 16.4. The van der Waals surface area contributed by atoms with Crippen LogP contribution in [0.25, 0.3) is 10.9 Å². The molecule has 1 aliphatic carbocycles. The summed E-state index contributed by atoms with van der Waals surface area (Å²) in [4.78, 5) is 36.4. The average Bonchev–Trinajstić information content (AvgIpc) is 3.20. The van der Waals surface area contributed by atoms with E-state index in [4.69, 9.17) is 19.8 Å². The van der Waals surface area contributed by atoms with Gasteiger partial charge in [-0.2, -0.15) is 0 Å². The Labute approximate surface area is 210 Å². The van der Waals surface area contributed by atoms with Gasteiger partial charge in [-0.15, -0.1) is 0 Å². The van der Waals surface area contributed by atoms with E-state index in [1.165, 1.54) is 28.6 Å². The molecule has 1 atom stereocenters. The number of para-hydroxylation sites is 1. The highest BCUT2D eigenvalue weighted by Crippen LogP contribution is 2.34. The van der Waals surface area contributed by atoms with Crippen molar-refractivity contribution in [2.24, 2.45) is 5.92 Å². The van der Waals surface area contributed by atoms with Crippen LogP contribution in [0.3, 0.4) is 0 Å². The lowest BCUT2D eigenvalue weighted by Crippen LogP contribution is -2.48. The number of piperazine rings is 1. The number of fused-ring (bicyclic) bond motifs is 3. The molecule has 0 bridgehead atoms. The number of rotatable bonds is 4. The summed E-state index contributed by atoms with van der Waals surface area (Å²) in [6.45, 7) is 7.78. The molecule has 1 saturated heterocycles. The molecule has 0 radical (unpaired) electrons. The number of hydrogen-bond acceptors (Lipinski definition) is 5. The lowest BCUT2D eigenvalue weighted by Gasteiger charge is -2.34. The van der Waals surface area contributed by atoms with Crippen molar-refractivity contribution in [1.82, 2.24) is 14.4 Å². The van der Waals surface area contributed by atoms with Crippen molar-refractivity contribution in [1.29, 1.82) is 0 Å². The monoisotopic (exact) mass is 491 g/mol. The van der Waals surface area contributed by atoms with Crippen molar-refractivity contribution in [2.75, 3.05) is 32.7 Å². The van der Waals surface area contributed by atoms with E-state index in [1.807, 2.05) is 4.57 Å². The summed E-state index contributed by atoms with van der Waals surface area (Å²) in [6.07, 6.45) is 3.28. The highest BCUT2D eigenvalue weighted by molar-refractivity contribution is 6.27. The fraction of sp³-hybridized carbons (Fsp3) is 0.393. The van der Waals surface area contributed by atoms with Gasteiger partial charge >= 0.3 is 11.9 Å². The Hall–Kier alpha value is -3.49. The number of carboxylic acid groups (broad SMARTS) is 2.